The third kappa shape index (κ3) is 3.79. The molecule has 4 N–H and O–H groups in total. The largest absolute Gasteiger partial charge is 0.506 e. The summed E-state index contributed by atoms with van der Waals surface area (Å²) in [7, 11) is 0. The smallest absolute Gasteiger partial charge is 0.322 e. The van der Waals surface area contributed by atoms with Crippen LogP contribution >= 0.6 is 0 Å². The number of H-pyrrole nitrogens is 1. The Morgan fingerprint density at radius 3 is 2.52 bits per heavy atom. The number of carbonyl (C=O) groups is 2. The zero-order chi connectivity index (χ0) is 19.6. The Morgan fingerprint density at radius 1 is 1.15 bits per heavy atom. The predicted octanol–water partition coefficient (Wildman–Crippen LogP) is 1.78. The van der Waals surface area contributed by atoms with Gasteiger partial charge in [0.1, 0.15) is 23.7 Å². The first-order valence-electron chi connectivity index (χ1n) is 7.98. The first-order valence-corrected chi connectivity index (χ1v) is 7.98. The van der Waals surface area contributed by atoms with E-state index in [-0.39, 0.29) is 10.9 Å². The van der Waals surface area contributed by atoms with Gasteiger partial charge in [0.15, 0.2) is 0 Å². The molecule has 0 fully saturated rings. The number of carboxylic acids is 1. The van der Waals surface area contributed by atoms with Crippen molar-refractivity contribution in [1.29, 1.82) is 0 Å². The molecule has 0 saturated heterocycles. The molecule has 0 aliphatic rings. The highest BCUT2D eigenvalue weighted by Crippen LogP contribution is 2.29. The number of amides is 1. The maximum atomic E-state index is 14.1. The molecule has 0 radical (unpaired) electrons. The van der Waals surface area contributed by atoms with Crippen LogP contribution < -0.4 is 10.9 Å². The number of nitrogens with one attached hydrogen (secondary N) is 2. The average molecular weight is 370 g/mol. The summed E-state index contributed by atoms with van der Waals surface area (Å²) in [5.74, 6) is -3.72. The van der Waals surface area contributed by atoms with E-state index in [4.69, 9.17) is 5.11 Å². The molecule has 2 aromatic carbocycles. The van der Waals surface area contributed by atoms with E-state index >= 15 is 0 Å². The number of carbonyl (C=O) groups excluding carboxylic acids is 1. The van der Waals surface area contributed by atoms with Crippen LogP contribution in [0.1, 0.15) is 21.5 Å². The topological polar surface area (TPSA) is 119 Å². The maximum absolute atomic E-state index is 14.1. The van der Waals surface area contributed by atoms with Gasteiger partial charge in [0.2, 0.25) is 0 Å². The zero-order valence-electron chi connectivity index (χ0n) is 14.0. The van der Waals surface area contributed by atoms with Gasteiger partial charge in [-0.05, 0) is 29.7 Å². The second-order valence-electron chi connectivity index (χ2n) is 5.90. The van der Waals surface area contributed by atoms with E-state index < -0.39 is 41.1 Å². The molecule has 27 heavy (non-hydrogen) atoms. The lowest BCUT2D eigenvalue weighted by atomic mass is 10.00. The molecule has 0 saturated carbocycles. The number of aromatic amines is 1. The Bertz CT molecular complexity index is 1090. The predicted molar refractivity (Wildman–Crippen MR) is 95.4 cm³/mol. The monoisotopic (exact) mass is 370 g/mol. The van der Waals surface area contributed by atoms with E-state index in [1.165, 1.54) is 6.07 Å². The molecule has 0 unspecified atom stereocenters. The van der Waals surface area contributed by atoms with Crippen molar-refractivity contribution in [2.24, 2.45) is 0 Å². The Morgan fingerprint density at radius 2 is 1.85 bits per heavy atom. The highest BCUT2D eigenvalue weighted by Gasteiger charge is 2.21. The SMILES string of the molecule is O=C(O)CNC(=O)c1c(O)c2cc(F)cc(Cc3ccccc3)c2[nH]c1=O. The summed E-state index contributed by atoms with van der Waals surface area (Å²) in [6, 6.07) is 11.4. The van der Waals surface area contributed by atoms with Crippen LogP contribution in [0.3, 0.4) is 0 Å². The van der Waals surface area contributed by atoms with Gasteiger partial charge < -0.3 is 20.5 Å². The van der Waals surface area contributed by atoms with Crippen LogP contribution in [0.25, 0.3) is 10.9 Å². The van der Waals surface area contributed by atoms with Gasteiger partial charge in [-0.25, -0.2) is 4.39 Å². The first-order chi connectivity index (χ1) is 12.9. The van der Waals surface area contributed by atoms with Crippen molar-refractivity contribution in [2.45, 2.75) is 6.42 Å². The second kappa shape index (κ2) is 7.28. The van der Waals surface area contributed by atoms with Crippen molar-refractivity contribution in [1.82, 2.24) is 10.3 Å². The normalized spacial score (nSPS) is 10.7. The number of halogens is 1. The number of hydrogen-bond donors (Lipinski definition) is 4. The van der Waals surface area contributed by atoms with E-state index in [0.717, 1.165) is 11.6 Å². The Hall–Kier alpha value is -3.68. The molecular weight excluding hydrogens is 355 g/mol. The number of fused-ring (bicyclic) bond motifs is 1. The molecule has 0 atom stereocenters. The molecule has 138 valence electrons. The summed E-state index contributed by atoms with van der Waals surface area (Å²) in [6.45, 7) is -0.724. The molecule has 8 heteroatoms. The standard InChI is InChI=1S/C19H15FN2O5/c20-12-7-11(6-10-4-2-1-3-5-10)16-13(8-12)17(25)15(19(27)22-16)18(26)21-9-14(23)24/h1-5,7-8H,6,9H2,(H,21,26)(H,23,24)(H2,22,25,27). The van der Waals surface area contributed by atoms with Crippen molar-refractivity contribution in [3.63, 3.8) is 0 Å². The fourth-order valence-corrected chi connectivity index (χ4v) is 2.83. The van der Waals surface area contributed by atoms with Gasteiger partial charge in [-0.1, -0.05) is 30.3 Å². The summed E-state index contributed by atoms with van der Waals surface area (Å²) in [6.07, 6.45) is 0.301. The third-order valence-corrected chi connectivity index (χ3v) is 4.01. The summed E-state index contributed by atoms with van der Waals surface area (Å²) in [4.78, 5) is 37.4. The molecule has 0 spiro atoms. The van der Waals surface area contributed by atoms with Crippen LogP contribution in [0.4, 0.5) is 4.39 Å². The second-order valence-corrected chi connectivity index (χ2v) is 5.90. The van der Waals surface area contributed by atoms with E-state index in [0.29, 0.717) is 12.0 Å². The number of benzene rings is 2. The number of hydrogen-bond acceptors (Lipinski definition) is 4. The molecule has 7 nitrogen and oxygen atoms in total. The molecule has 1 heterocycles. The van der Waals surface area contributed by atoms with E-state index in [1.807, 2.05) is 35.6 Å². The lowest BCUT2D eigenvalue weighted by Crippen LogP contribution is -2.33. The van der Waals surface area contributed by atoms with Crippen LogP contribution in [0.15, 0.2) is 47.3 Å². The van der Waals surface area contributed by atoms with Crippen molar-refractivity contribution in [3.05, 3.63) is 75.3 Å². The summed E-state index contributed by atoms with van der Waals surface area (Å²) >= 11 is 0. The van der Waals surface area contributed by atoms with Gasteiger partial charge >= 0.3 is 5.97 Å². The minimum absolute atomic E-state index is 0.0407. The molecule has 1 aromatic heterocycles. The summed E-state index contributed by atoms with van der Waals surface area (Å²) in [5, 5.41) is 21.0. The average Bonchev–Trinajstić information content (AvgIpc) is 2.62. The molecule has 0 aliphatic heterocycles. The van der Waals surface area contributed by atoms with Crippen LogP contribution in [0.5, 0.6) is 5.75 Å². The number of pyridine rings is 1. The lowest BCUT2D eigenvalue weighted by Gasteiger charge is -2.11. The van der Waals surface area contributed by atoms with E-state index in [1.54, 1.807) is 0 Å². The fourth-order valence-electron chi connectivity index (χ4n) is 2.83. The first kappa shape index (κ1) is 18.1. The van der Waals surface area contributed by atoms with Gasteiger partial charge in [0.25, 0.3) is 11.5 Å². The Balaban J connectivity index is 2.12. The fraction of sp³-hybridized carbons (Fsp3) is 0.105. The van der Waals surface area contributed by atoms with Gasteiger partial charge in [0, 0.05) is 5.39 Å². The molecule has 3 rings (SSSR count). The number of aliphatic carboxylic acids is 1. The number of aromatic hydroxyl groups is 1. The van der Waals surface area contributed by atoms with Gasteiger partial charge in [-0.15, -0.1) is 0 Å². The van der Waals surface area contributed by atoms with Crippen LogP contribution in [0.2, 0.25) is 0 Å². The van der Waals surface area contributed by atoms with Crippen LogP contribution in [0, 0.1) is 5.82 Å². The van der Waals surface area contributed by atoms with Crippen LogP contribution in [-0.2, 0) is 11.2 Å². The van der Waals surface area contributed by atoms with Gasteiger partial charge in [-0.2, -0.15) is 0 Å². The molecular formula is C19H15FN2O5. The van der Waals surface area contributed by atoms with Crippen molar-refractivity contribution in [2.75, 3.05) is 6.54 Å². The van der Waals surface area contributed by atoms with E-state index in [9.17, 15) is 23.9 Å². The Labute approximate surface area is 152 Å². The summed E-state index contributed by atoms with van der Waals surface area (Å²) in [5.41, 5.74) is -0.0598. The highest BCUT2D eigenvalue weighted by atomic mass is 19.1. The van der Waals surface area contributed by atoms with Gasteiger partial charge in [-0.3, -0.25) is 14.4 Å². The molecule has 0 aliphatic carbocycles. The van der Waals surface area contributed by atoms with Crippen molar-refractivity contribution in [3.8, 4) is 5.75 Å². The number of aromatic nitrogens is 1. The van der Waals surface area contributed by atoms with Crippen molar-refractivity contribution < 1.29 is 24.2 Å². The van der Waals surface area contributed by atoms with Gasteiger partial charge in [0.05, 0.1) is 5.52 Å². The van der Waals surface area contributed by atoms with Crippen LogP contribution in [-0.4, -0.2) is 33.6 Å². The Kier molecular flexibility index (Phi) is 4.89. The number of carboxylic acid groups (broad SMARTS) is 1. The van der Waals surface area contributed by atoms with E-state index in [2.05, 4.69) is 4.98 Å². The number of rotatable bonds is 5. The summed E-state index contributed by atoms with van der Waals surface area (Å²) < 4.78 is 14.1. The minimum Gasteiger partial charge on any atom is -0.506 e. The molecule has 3 aromatic rings. The molecule has 1 amide bonds. The maximum Gasteiger partial charge on any atom is 0.322 e. The highest BCUT2D eigenvalue weighted by molar-refractivity contribution is 6.03. The quantitative estimate of drug-likeness (QED) is 0.546. The zero-order valence-corrected chi connectivity index (χ0v) is 14.0. The minimum atomic E-state index is -1.31. The lowest BCUT2D eigenvalue weighted by molar-refractivity contribution is -0.135. The molecule has 0 bridgehead atoms. The van der Waals surface area contributed by atoms with Crippen molar-refractivity contribution >= 4 is 22.8 Å². The third-order valence-electron chi connectivity index (χ3n) is 4.01.